The van der Waals surface area contributed by atoms with Crippen LogP contribution in [0.4, 0.5) is 18.0 Å². The Morgan fingerprint density at radius 2 is 2.12 bits per heavy atom. The van der Waals surface area contributed by atoms with Gasteiger partial charge in [0.05, 0.1) is 11.6 Å². The maximum Gasteiger partial charge on any atom is 0.436 e. The largest absolute Gasteiger partial charge is 0.436 e. The molecule has 1 heterocycles. The molecule has 6 nitrogen and oxygen atoms in total. The number of amides is 2. The summed E-state index contributed by atoms with van der Waals surface area (Å²) in [6.07, 6.45) is -4.71. The van der Waals surface area contributed by atoms with Crippen molar-refractivity contribution in [1.29, 1.82) is 0 Å². The number of urea groups is 1. The first-order chi connectivity index (χ1) is 7.23. The fraction of sp³-hybridized carbons (Fsp3) is 0.333. The van der Waals surface area contributed by atoms with Crippen LogP contribution in [0.2, 0.25) is 5.02 Å². The molecule has 0 saturated heterocycles. The molecule has 0 bridgehead atoms. The Morgan fingerprint density at radius 1 is 1.56 bits per heavy atom. The molecule has 0 aromatic carbocycles. The van der Waals surface area contributed by atoms with Gasteiger partial charge in [-0.15, -0.1) is 5.10 Å². The molecule has 0 atom stereocenters. The number of alkyl halides is 3. The minimum Gasteiger partial charge on any atom is -0.352 e. The van der Waals surface area contributed by atoms with Gasteiger partial charge in [-0.3, -0.25) is 0 Å². The van der Waals surface area contributed by atoms with E-state index in [-0.39, 0.29) is 12.2 Å². The Kier molecular flexibility index (Phi) is 3.17. The van der Waals surface area contributed by atoms with E-state index in [9.17, 15) is 18.0 Å². The van der Waals surface area contributed by atoms with Gasteiger partial charge in [0.1, 0.15) is 5.69 Å². The lowest BCUT2D eigenvalue weighted by atomic mass is 10.3. The van der Waals surface area contributed by atoms with Crippen molar-refractivity contribution < 1.29 is 18.0 Å². The van der Waals surface area contributed by atoms with E-state index in [1.165, 1.54) is 0 Å². The van der Waals surface area contributed by atoms with Crippen LogP contribution in [0.5, 0.6) is 0 Å². The zero-order valence-electron chi connectivity index (χ0n) is 7.68. The third-order valence-electron chi connectivity index (χ3n) is 1.64. The van der Waals surface area contributed by atoms with E-state index in [1.807, 2.05) is 0 Å². The maximum absolute atomic E-state index is 12.3. The molecule has 16 heavy (non-hydrogen) atoms. The summed E-state index contributed by atoms with van der Waals surface area (Å²) in [7, 11) is 0. The molecule has 0 aliphatic carbocycles. The van der Waals surface area contributed by atoms with Gasteiger partial charge < -0.3 is 16.9 Å². The molecular weight excluding hydrogens is 251 g/mol. The third-order valence-corrected chi connectivity index (χ3v) is 2.04. The number of primary amides is 1. The summed E-state index contributed by atoms with van der Waals surface area (Å²) in [5, 5.41) is 4.40. The molecule has 0 fully saturated rings. The van der Waals surface area contributed by atoms with Gasteiger partial charge in [-0.25, -0.2) is 4.79 Å². The number of aromatic nitrogens is 2. The number of nitrogens with one attached hydrogen (secondary N) is 1. The van der Waals surface area contributed by atoms with Crippen LogP contribution >= 0.6 is 11.6 Å². The molecule has 90 valence electrons. The average molecular weight is 258 g/mol. The first-order valence-electron chi connectivity index (χ1n) is 3.86. The van der Waals surface area contributed by atoms with Crippen LogP contribution in [-0.4, -0.2) is 15.9 Å². The maximum atomic E-state index is 12.3. The molecule has 0 unspecified atom stereocenters. The summed E-state index contributed by atoms with van der Waals surface area (Å²) in [6, 6.07) is -0.911. The van der Waals surface area contributed by atoms with Gasteiger partial charge in [-0.1, -0.05) is 11.6 Å². The highest BCUT2D eigenvalue weighted by atomic mass is 35.5. The van der Waals surface area contributed by atoms with Gasteiger partial charge in [0.2, 0.25) is 0 Å². The van der Waals surface area contributed by atoms with Gasteiger partial charge in [0, 0.05) is 0 Å². The molecule has 1 aromatic rings. The lowest BCUT2D eigenvalue weighted by Gasteiger charge is -2.02. The van der Waals surface area contributed by atoms with E-state index >= 15 is 0 Å². The van der Waals surface area contributed by atoms with Crippen LogP contribution in [0, 0.1) is 0 Å². The van der Waals surface area contributed by atoms with Crippen molar-refractivity contribution in [2.24, 2.45) is 5.73 Å². The van der Waals surface area contributed by atoms with Crippen molar-refractivity contribution in [1.82, 2.24) is 15.2 Å². The number of nitrogens with zero attached hydrogens (tertiary/aromatic N) is 2. The predicted molar refractivity (Wildman–Crippen MR) is 48.8 cm³/mol. The summed E-state index contributed by atoms with van der Waals surface area (Å²) in [5.74, 6) is 5.15. The van der Waals surface area contributed by atoms with E-state index in [0.29, 0.717) is 4.79 Å². The van der Waals surface area contributed by atoms with Gasteiger partial charge in [-0.05, 0) is 0 Å². The summed E-state index contributed by atoms with van der Waals surface area (Å²) < 4.78 is 36.9. The molecule has 1 rings (SSSR count). The topological polar surface area (TPSA) is 99.0 Å². The Hall–Kier alpha value is -1.64. The highest BCUT2D eigenvalue weighted by Gasteiger charge is 2.38. The quantitative estimate of drug-likeness (QED) is 0.670. The smallest absolute Gasteiger partial charge is 0.352 e. The second-order valence-corrected chi connectivity index (χ2v) is 3.15. The Labute approximate surface area is 92.3 Å². The highest BCUT2D eigenvalue weighted by Crippen LogP contribution is 2.34. The van der Waals surface area contributed by atoms with E-state index in [4.69, 9.17) is 23.2 Å². The average Bonchev–Trinajstić information content (AvgIpc) is 2.38. The second-order valence-electron chi connectivity index (χ2n) is 2.77. The van der Waals surface area contributed by atoms with Crippen molar-refractivity contribution in [3.63, 3.8) is 0 Å². The molecule has 10 heteroatoms. The van der Waals surface area contributed by atoms with Crippen molar-refractivity contribution >= 4 is 17.6 Å². The number of hydrogen-bond donors (Lipinski definition) is 3. The summed E-state index contributed by atoms with van der Waals surface area (Å²) in [6.45, 7) is -0.340. The summed E-state index contributed by atoms with van der Waals surface area (Å²) in [5.41, 5.74) is 3.25. The number of carbonyl (C=O) groups is 1. The highest BCUT2D eigenvalue weighted by molar-refractivity contribution is 6.32. The predicted octanol–water partition coefficient (Wildman–Crippen LogP) is 0.437. The van der Waals surface area contributed by atoms with Gasteiger partial charge in [-0.2, -0.15) is 18.0 Å². The van der Waals surface area contributed by atoms with Crippen LogP contribution in [-0.2, 0) is 12.7 Å². The zero-order chi connectivity index (χ0) is 12.5. The SMILES string of the molecule is NC(=O)NCc1c(Cl)c(C(F)(F)F)nn1N. The number of nitrogen functional groups attached to an aromatic ring is 1. The number of carbonyl (C=O) groups excluding carboxylic acids is 1. The second kappa shape index (κ2) is 4.08. The Bertz CT molecular complexity index is 415. The monoisotopic (exact) mass is 257 g/mol. The number of nitrogens with two attached hydrogens (primary N) is 2. The molecule has 5 N–H and O–H groups in total. The minimum atomic E-state index is -4.71. The molecular formula is C6H7ClF3N5O. The fourth-order valence-corrected chi connectivity index (χ4v) is 1.26. The van der Waals surface area contributed by atoms with Crippen LogP contribution < -0.4 is 16.9 Å². The first kappa shape index (κ1) is 12.4. The van der Waals surface area contributed by atoms with Crippen molar-refractivity contribution in [2.75, 3.05) is 5.84 Å². The lowest BCUT2D eigenvalue weighted by molar-refractivity contribution is -0.141. The molecule has 2 amide bonds. The molecule has 0 aliphatic rings. The van der Waals surface area contributed by atoms with Crippen molar-refractivity contribution in [3.8, 4) is 0 Å². The van der Waals surface area contributed by atoms with Crippen molar-refractivity contribution in [2.45, 2.75) is 12.7 Å². The van der Waals surface area contributed by atoms with Gasteiger partial charge in [0.15, 0.2) is 5.69 Å². The van der Waals surface area contributed by atoms with Crippen LogP contribution in [0.15, 0.2) is 0 Å². The fourth-order valence-electron chi connectivity index (χ4n) is 0.960. The van der Waals surface area contributed by atoms with Crippen molar-refractivity contribution in [3.05, 3.63) is 16.4 Å². The Balaban J connectivity index is 3.03. The van der Waals surface area contributed by atoms with Crippen LogP contribution in [0.3, 0.4) is 0 Å². The summed E-state index contributed by atoms with van der Waals surface area (Å²) >= 11 is 5.42. The van der Waals surface area contributed by atoms with Crippen LogP contribution in [0.25, 0.3) is 0 Å². The van der Waals surface area contributed by atoms with E-state index in [0.717, 1.165) is 0 Å². The number of halogens is 4. The Morgan fingerprint density at radius 3 is 2.50 bits per heavy atom. The standard InChI is InChI=1S/C6H7ClF3N5O/c7-3-2(1-13-5(11)16)15(12)14-4(3)6(8,9)10/h1,12H2,(H3,11,13,16). The number of hydrogen-bond acceptors (Lipinski definition) is 3. The third kappa shape index (κ3) is 2.48. The molecule has 1 aromatic heterocycles. The van der Waals surface area contributed by atoms with E-state index in [2.05, 4.69) is 10.4 Å². The van der Waals surface area contributed by atoms with Crippen LogP contribution in [0.1, 0.15) is 11.4 Å². The van der Waals surface area contributed by atoms with E-state index in [1.54, 1.807) is 0 Å². The summed E-state index contributed by atoms with van der Waals surface area (Å²) in [4.78, 5) is 10.8. The molecule has 0 aliphatic heterocycles. The molecule has 0 spiro atoms. The van der Waals surface area contributed by atoms with Gasteiger partial charge >= 0.3 is 12.2 Å². The minimum absolute atomic E-state index is 0.187. The van der Waals surface area contributed by atoms with E-state index < -0.39 is 22.9 Å². The lowest BCUT2D eigenvalue weighted by Crippen LogP contribution is -2.30. The first-order valence-corrected chi connectivity index (χ1v) is 4.24. The molecule has 0 saturated carbocycles. The number of rotatable bonds is 2. The normalized spacial score (nSPS) is 11.5. The van der Waals surface area contributed by atoms with Gasteiger partial charge in [0.25, 0.3) is 0 Å². The molecule has 0 radical (unpaired) electrons. The zero-order valence-corrected chi connectivity index (χ0v) is 8.43.